The lowest BCUT2D eigenvalue weighted by atomic mass is 10.2. The molecule has 0 N–H and O–H groups in total. The first-order valence-electron chi connectivity index (χ1n) is 3.91. The van der Waals surface area contributed by atoms with Gasteiger partial charge in [-0.05, 0) is 31.1 Å². The zero-order chi connectivity index (χ0) is 8.48. The van der Waals surface area contributed by atoms with Crippen LogP contribution >= 0.6 is 0 Å². The molecule has 66 valence electrons. The van der Waals surface area contributed by atoms with Crippen LogP contribution in [0, 0.1) is 11.8 Å². The summed E-state index contributed by atoms with van der Waals surface area (Å²) in [5.74, 6) is 1.10. The van der Waals surface area contributed by atoms with Crippen LogP contribution in [0.2, 0.25) is 0 Å². The molecule has 0 unspecified atom stereocenters. The summed E-state index contributed by atoms with van der Waals surface area (Å²) in [5, 5.41) is 0. The minimum Gasteiger partial charge on any atom is -0.195 e. The molecule has 0 amide bonds. The lowest BCUT2D eigenvalue weighted by molar-refractivity contribution is 0.544. The quantitative estimate of drug-likeness (QED) is 0.617. The molecule has 2 nitrogen and oxygen atoms in total. The van der Waals surface area contributed by atoms with Gasteiger partial charge >= 0.3 is 10.2 Å². The maximum atomic E-state index is 11.9. The Kier molecular flexibility index (Phi) is 2.52. The third-order valence-electron chi connectivity index (χ3n) is 2.24. The molecular weight excluding hydrogens is 167 g/mol. The van der Waals surface area contributed by atoms with Gasteiger partial charge in [0.25, 0.3) is 0 Å². The summed E-state index contributed by atoms with van der Waals surface area (Å²) in [6.45, 7) is 2.13. The fraction of sp³-hybridized carbons (Fsp3) is 1.00. The molecule has 0 heterocycles. The lowest BCUT2D eigenvalue weighted by Crippen LogP contribution is -1.98. The molecule has 1 aliphatic carbocycles. The topological polar surface area (TPSA) is 34.1 Å². The molecule has 0 spiro atoms. The molecule has 0 radical (unpaired) electrons. The van der Waals surface area contributed by atoms with Crippen molar-refractivity contribution in [2.24, 2.45) is 11.8 Å². The molecule has 1 rings (SSSR count). The third kappa shape index (κ3) is 3.70. The Morgan fingerprint density at radius 3 is 2.45 bits per heavy atom. The Balaban J connectivity index is 2.06. The zero-order valence-corrected chi connectivity index (χ0v) is 7.40. The van der Waals surface area contributed by atoms with Crippen molar-refractivity contribution >= 4 is 10.2 Å². The van der Waals surface area contributed by atoms with Gasteiger partial charge in [0.1, 0.15) is 0 Å². The summed E-state index contributed by atoms with van der Waals surface area (Å²) >= 11 is 0. The summed E-state index contributed by atoms with van der Waals surface area (Å²) < 4.78 is 32.0. The fourth-order valence-electron chi connectivity index (χ4n) is 1.32. The van der Waals surface area contributed by atoms with Crippen LogP contribution in [0.25, 0.3) is 0 Å². The monoisotopic (exact) mass is 180 g/mol. The van der Waals surface area contributed by atoms with Gasteiger partial charge in [0.15, 0.2) is 0 Å². The first kappa shape index (κ1) is 8.97. The Hall–Kier alpha value is -0.120. The average Bonchev–Trinajstić information content (AvgIpc) is 2.43. The van der Waals surface area contributed by atoms with E-state index in [2.05, 4.69) is 6.92 Å². The molecule has 1 fully saturated rings. The summed E-state index contributed by atoms with van der Waals surface area (Å²) in [4.78, 5) is 0. The van der Waals surface area contributed by atoms with Crippen LogP contribution in [0.1, 0.15) is 26.2 Å². The molecule has 0 aliphatic heterocycles. The van der Waals surface area contributed by atoms with Crippen LogP contribution in [0.15, 0.2) is 0 Å². The summed E-state index contributed by atoms with van der Waals surface area (Å²) in [6, 6.07) is 0. The molecule has 0 bridgehead atoms. The fourth-order valence-corrected chi connectivity index (χ4v) is 1.83. The summed E-state index contributed by atoms with van der Waals surface area (Å²) in [5.41, 5.74) is 0. The first-order valence-corrected chi connectivity index (χ1v) is 5.46. The van der Waals surface area contributed by atoms with Crippen molar-refractivity contribution in [2.75, 3.05) is 5.75 Å². The lowest BCUT2D eigenvalue weighted by Gasteiger charge is -1.94. The molecule has 1 aliphatic rings. The zero-order valence-electron chi connectivity index (χ0n) is 6.59. The van der Waals surface area contributed by atoms with Gasteiger partial charge < -0.3 is 0 Å². The van der Waals surface area contributed by atoms with E-state index in [0.29, 0.717) is 12.3 Å². The van der Waals surface area contributed by atoms with Crippen LogP contribution in [-0.4, -0.2) is 14.2 Å². The Morgan fingerprint density at radius 1 is 1.55 bits per heavy atom. The van der Waals surface area contributed by atoms with E-state index in [4.69, 9.17) is 0 Å². The van der Waals surface area contributed by atoms with Crippen LogP contribution in [0.5, 0.6) is 0 Å². The van der Waals surface area contributed by atoms with Crippen molar-refractivity contribution in [3.05, 3.63) is 0 Å². The van der Waals surface area contributed by atoms with Gasteiger partial charge in [-0.1, -0.05) is 6.92 Å². The molecule has 0 aromatic heterocycles. The number of hydrogen-bond acceptors (Lipinski definition) is 2. The predicted molar refractivity (Wildman–Crippen MR) is 41.4 cm³/mol. The molecule has 1 saturated carbocycles. The Labute approximate surface area is 67.0 Å². The van der Waals surface area contributed by atoms with Crippen LogP contribution in [-0.2, 0) is 10.2 Å². The van der Waals surface area contributed by atoms with Crippen molar-refractivity contribution in [2.45, 2.75) is 26.2 Å². The average molecular weight is 180 g/mol. The second-order valence-corrected chi connectivity index (χ2v) is 4.84. The van der Waals surface area contributed by atoms with E-state index >= 15 is 0 Å². The molecule has 11 heavy (non-hydrogen) atoms. The molecule has 4 heteroatoms. The summed E-state index contributed by atoms with van der Waals surface area (Å²) in [6.07, 6.45) is 2.53. The van der Waals surface area contributed by atoms with E-state index < -0.39 is 10.2 Å². The predicted octanol–water partition coefficient (Wildman–Crippen LogP) is 1.72. The second-order valence-electron chi connectivity index (χ2n) is 3.36. The van der Waals surface area contributed by atoms with Crippen LogP contribution in [0.4, 0.5) is 3.89 Å². The van der Waals surface area contributed by atoms with E-state index in [1.165, 1.54) is 6.42 Å². The highest BCUT2D eigenvalue weighted by molar-refractivity contribution is 7.86. The second kappa shape index (κ2) is 3.09. The van der Waals surface area contributed by atoms with Crippen molar-refractivity contribution < 1.29 is 12.3 Å². The number of rotatable bonds is 4. The smallest absolute Gasteiger partial charge is 0.195 e. The first-order chi connectivity index (χ1) is 4.99. The summed E-state index contributed by atoms with van der Waals surface area (Å²) in [7, 11) is -4.21. The van der Waals surface area contributed by atoms with E-state index in [0.717, 1.165) is 12.3 Å². The van der Waals surface area contributed by atoms with E-state index in [1.807, 2.05) is 0 Å². The number of hydrogen-bond donors (Lipinski definition) is 0. The highest BCUT2D eigenvalue weighted by atomic mass is 32.3. The SMILES string of the molecule is C[C@@H]1C[C@@H]1CCCS(=O)(=O)F. The van der Waals surface area contributed by atoms with E-state index in [-0.39, 0.29) is 5.75 Å². The largest absolute Gasteiger partial charge is 0.302 e. The Bertz CT molecular complexity index is 223. The minimum absolute atomic E-state index is 0.295. The highest BCUT2D eigenvalue weighted by Crippen LogP contribution is 2.41. The third-order valence-corrected chi connectivity index (χ3v) is 3.02. The van der Waals surface area contributed by atoms with Gasteiger partial charge in [-0.15, -0.1) is 3.89 Å². The van der Waals surface area contributed by atoms with Crippen molar-refractivity contribution in [3.8, 4) is 0 Å². The molecular formula is C7H13FO2S. The van der Waals surface area contributed by atoms with Gasteiger partial charge in [-0.2, -0.15) is 8.42 Å². The molecule has 0 aromatic carbocycles. The number of halogens is 1. The van der Waals surface area contributed by atoms with E-state index in [9.17, 15) is 12.3 Å². The highest BCUT2D eigenvalue weighted by Gasteiger charge is 2.31. The van der Waals surface area contributed by atoms with Gasteiger partial charge in [0.2, 0.25) is 0 Å². The molecule has 0 saturated heterocycles. The maximum Gasteiger partial charge on any atom is 0.302 e. The molecule has 2 atom stereocenters. The normalized spacial score (nSPS) is 30.4. The van der Waals surface area contributed by atoms with Crippen molar-refractivity contribution in [3.63, 3.8) is 0 Å². The van der Waals surface area contributed by atoms with Gasteiger partial charge in [-0.3, -0.25) is 0 Å². The van der Waals surface area contributed by atoms with Gasteiger partial charge in [-0.25, -0.2) is 0 Å². The maximum absolute atomic E-state index is 11.9. The van der Waals surface area contributed by atoms with Crippen molar-refractivity contribution in [1.82, 2.24) is 0 Å². The van der Waals surface area contributed by atoms with Crippen LogP contribution in [0.3, 0.4) is 0 Å². The van der Waals surface area contributed by atoms with Gasteiger partial charge in [0.05, 0.1) is 5.75 Å². The Morgan fingerprint density at radius 2 is 2.09 bits per heavy atom. The molecule has 0 aromatic rings. The minimum atomic E-state index is -4.21. The van der Waals surface area contributed by atoms with Crippen molar-refractivity contribution in [1.29, 1.82) is 0 Å². The van der Waals surface area contributed by atoms with Crippen LogP contribution < -0.4 is 0 Å². The van der Waals surface area contributed by atoms with Gasteiger partial charge in [0, 0.05) is 0 Å². The standard InChI is InChI=1S/C7H13FO2S/c1-6-5-7(6)3-2-4-11(8,9)10/h6-7H,2-5H2,1H3/t6-,7+/m1/s1. The van der Waals surface area contributed by atoms with E-state index in [1.54, 1.807) is 0 Å².